The van der Waals surface area contributed by atoms with Gasteiger partial charge in [-0.2, -0.15) is 4.98 Å². The maximum absolute atomic E-state index is 12.2. The van der Waals surface area contributed by atoms with E-state index in [0.717, 1.165) is 30.3 Å². The van der Waals surface area contributed by atoms with E-state index >= 15 is 0 Å². The van der Waals surface area contributed by atoms with Gasteiger partial charge in [-0.1, -0.05) is 42.5 Å². The fraction of sp³-hybridized carbons (Fsp3) is 0.389. The largest absolute Gasteiger partial charge is 0.378 e. The number of anilines is 1. The second kappa shape index (κ2) is 6.93. The van der Waals surface area contributed by atoms with E-state index in [1.165, 1.54) is 22.5 Å². The Balaban J connectivity index is 1.75. The van der Waals surface area contributed by atoms with Crippen molar-refractivity contribution in [2.45, 2.75) is 19.9 Å². The lowest BCUT2D eigenvalue weighted by molar-refractivity contribution is 0.122. The lowest BCUT2D eigenvalue weighted by atomic mass is 10.1. The van der Waals surface area contributed by atoms with Crippen molar-refractivity contribution < 1.29 is 4.74 Å². The number of aromatic nitrogens is 3. The van der Waals surface area contributed by atoms with Crippen LogP contribution in [0.4, 0.5) is 5.13 Å². The van der Waals surface area contributed by atoms with E-state index in [1.54, 1.807) is 6.33 Å². The molecule has 0 atom stereocenters. The summed E-state index contributed by atoms with van der Waals surface area (Å²) in [7, 11) is 0. The number of aryl methyl sites for hydroxylation is 1. The summed E-state index contributed by atoms with van der Waals surface area (Å²) in [5.41, 5.74) is 3.06. The first-order valence-electron chi connectivity index (χ1n) is 8.51. The lowest BCUT2D eigenvalue weighted by Crippen LogP contribution is -2.36. The van der Waals surface area contributed by atoms with Gasteiger partial charge < -0.3 is 14.2 Å². The van der Waals surface area contributed by atoms with E-state index in [4.69, 9.17) is 9.72 Å². The molecule has 0 bridgehead atoms. The van der Waals surface area contributed by atoms with Gasteiger partial charge in [-0.05, 0) is 17.5 Å². The molecule has 0 aliphatic carbocycles. The van der Waals surface area contributed by atoms with E-state index in [2.05, 4.69) is 35.0 Å². The zero-order chi connectivity index (χ0) is 17.2. The van der Waals surface area contributed by atoms with E-state index in [1.807, 2.05) is 10.6 Å². The summed E-state index contributed by atoms with van der Waals surface area (Å²) in [6, 6.07) is 8.36. The van der Waals surface area contributed by atoms with Crippen LogP contribution in [0.5, 0.6) is 0 Å². The van der Waals surface area contributed by atoms with E-state index < -0.39 is 0 Å². The van der Waals surface area contributed by atoms with Gasteiger partial charge in [0, 0.05) is 13.1 Å². The fourth-order valence-electron chi connectivity index (χ4n) is 3.12. The number of nitrogens with zero attached hydrogens (tertiary/aromatic N) is 4. The Hall–Kier alpha value is -2.25. The number of fused-ring (bicyclic) bond motifs is 1. The van der Waals surface area contributed by atoms with Crippen LogP contribution in [-0.2, 0) is 17.7 Å². The van der Waals surface area contributed by atoms with Gasteiger partial charge in [0.15, 0.2) is 10.8 Å². The van der Waals surface area contributed by atoms with Crippen LogP contribution < -0.4 is 10.5 Å². The van der Waals surface area contributed by atoms with Crippen molar-refractivity contribution in [3.8, 4) is 0 Å². The molecule has 130 valence electrons. The Morgan fingerprint density at radius 2 is 1.96 bits per heavy atom. The molecule has 1 aliphatic rings. The maximum Gasteiger partial charge on any atom is 0.292 e. The normalized spacial score (nSPS) is 15.0. The maximum atomic E-state index is 12.2. The predicted molar refractivity (Wildman–Crippen MR) is 99.6 cm³/mol. The Morgan fingerprint density at radius 1 is 1.20 bits per heavy atom. The van der Waals surface area contributed by atoms with Crippen LogP contribution in [0.15, 0.2) is 35.4 Å². The summed E-state index contributed by atoms with van der Waals surface area (Å²) in [4.78, 5) is 23.2. The minimum Gasteiger partial charge on any atom is -0.378 e. The van der Waals surface area contributed by atoms with Crippen molar-refractivity contribution in [1.29, 1.82) is 0 Å². The van der Waals surface area contributed by atoms with Gasteiger partial charge in [0.05, 0.1) is 19.8 Å². The molecule has 4 rings (SSSR count). The quantitative estimate of drug-likeness (QED) is 0.718. The summed E-state index contributed by atoms with van der Waals surface area (Å²) in [5, 5.41) is 0.876. The summed E-state index contributed by atoms with van der Waals surface area (Å²) in [6.45, 7) is 5.82. The number of thiazole rings is 1. The minimum atomic E-state index is -0.202. The third-order valence-electron chi connectivity index (χ3n) is 4.50. The SMILES string of the molecule is CCc1ccccc1Cn1cnc(=O)c2sc(N3CCOCC3)nc21. The third kappa shape index (κ3) is 3.17. The Labute approximate surface area is 149 Å². The predicted octanol–water partition coefficient (Wildman–Crippen LogP) is 2.30. The number of hydrogen-bond donors (Lipinski definition) is 0. The second-order valence-corrected chi connectivity index (χ2v) is 7.03. The average Bonchev–Trinajstić information content (AvgIpc) is 3.12. The van der Waals surface area contributed by atoms with Gasteiger partial charge in [0.2, 0.25) is 0 Å². The molecule has 0 radical (unpaired) electrons. The Bertz CT molecular complexity index is 944. The molecule has 25 heavy (non-hydrogen) atoms. The minimum absolute atomic E-state index is 0.202. The molecule has 3 heterocycles. The first-order valence-corrected chi connectivity index (χ1v) is 9.33. The standard InChI is InChI=1S/C18H20N4O2S/c1-2-13-5-3-4-6-14(13)11-22-12-19-17(23)15-16(22)20-18(25-15)21-7-9-24-10-8-21/h3-6,12H,2,7-11H2,1H3. The molecule has 1 saturated heterocycles. The molecule has 6 nitrogen and oxygen atoms in total. The van der Waals surface area contributed by atoms with Crippen molar-refractivity contribution in [2.75, 3.05) is 31.2 Å². The molecule has 0 amide bonds. The van der Waals surface area contributed by atoms with Crippen molar-refractivity contribution >= 4 is 26.8 Å². The molecule has 3 aromatic rings. The van der Waals surface area contributed by atoms with E-state index in [0.29, 0.717) is 24.5 Å². The molecule has 0 saturated carbocycles. The Kier molecular flexibility index (Phi) is 4.50. The summed E-state index contributed by atoms with van der Waals surface area (Å²) in [5.74, 6) is 0. The van der Waals surface area contributed by atoms with Crippen LogP contribution in [0.3, 0.4) is 0 Å². The van der Waals surface area contributed by atoms with Crippen molar-refractivity contribution in [1.82, 2.24) is 14.5 Å². The zero-order valence-corrected chi connectivity index (χ0v) is 15.0. The highest BCUT2D eigenvalue weighted by Crippen LogP contribution is 2.27. The first-order chi connectivity index (χ1) is 12.3. The first kappa shape index (κ1) is 16.2. The highest BCUT2D eigenvalue weighted by atomic mass is 32.1. The molecule has 1 aliphatic heterocycles. The highest BCUT2D eigenvalue weighted by molar-refractivity contribution is 7.22. The molecule has 1 aromatic carbocycles. The summed E-state index contributed by atoms with van der Waals surface area (Å²) < 4.78 is 8.00. The lowest BCUT2D eigenvalue weighted by Gasteiger charge is -2.25. The molecule has 7 heteroatoms. The molecule has 1 fully saturated rings. The van der Waals surface area contributed by atoms with Gasteiger partial charge in [-0.25, -0.2) is 4.98 Å². The molecule has 0 unspecified atom stereocenters. The number of rotatable bonds is 4. The summed E-state index contributed by atoms with van der Waals surface area (Å²) >= 11 is 1.43. The van der Waals surface area contributed by atoms with Gasteiger partial charge in [-0.3, -0.25) is 4.79 Å². The fourth-order valence-corrected chi connectivity index (χ4v) is 4.14. The highest BCUT2D eigenvalue weighted by Gasteiger charge is 2.18. The number of ether oxygens (including phenoxy) is 1. The van der Waals surface area contributed by atoms with Crippen molar-refractivity contribution in [2.24, 2.45) is 0 Å². The van der Waals surface area contributed by atoms with E-state index in [9.17, 15) is 4.79 Å². The van der Waals surface area contributed by atoms with Crippen LogP contribution in [0, 0.1) is 0 Å². The average molecular weight is 356 g/mol. The van der Waals surface area contributed by atoms with Gasteiger partial charge in [0.1, 0.15) is 11.0 Å². The van der Waals surface area contributed by atoms with Crippen molar-refractivity contribution in [3.05, 3.63) is 52.1 Å². The van der Waals surface area contributed by atoms with Crippen LogP contribution in [0.2, 0.25) is 0 Å². The zero-order valence-electron chi connectivity index (χ0n) is 14.1. The number of benzene rings is 1. The topological polar surface area (TPSA) is 60.2 Å². The van der Waals surface area contributed by atoms with Crippen LogP contribution in [0.25, 0.3) is 10.3 Å². The van der Waals surface area contributed by atoms with Gasteiger partial charge in [-0.15, -0.1) is 0 Å². The molecular weight excluding hydrogens is 336 g/mol. The molecule has 0 N–H and O–H groups in total. The molecule has 2 aromatic heterocycles. The van der Waals surface area contributed by atoms with Crippen LogP contribution in [-0.4, -0.2) is 40.8 Å². The van der Waals surface area contributed by atoms with Gasteiger partial charge in [0.25, 0.3) is 5.56 Å². The second-order valence-electron chi connectivity index (χ2n) is 6.05. The number of morpholine rings is 1. The van der Waals surface area contributed by atoms with Crippen LogP contribution in [0.1, 0.15) is 18.1 Å². The van der Waals surface area contributed by atoms with Crippen LogP contribution >= 0.6 is 11.3 Å². The molecule has 0 spiro atoms. The van der Waals surface area contributed by atoms with Crippen molar-refractivity contribution in [3.63, 3.8) is 0 Å². The molecular formula is C18H20N4O2S. The Morgan fingerprint density at radius 3 is 2.72 bits per heavy atom. The smallest absolute Gasteiger partial charge is 0.292 e. The van der Waals surface area contributed by atoms with E-state index in [-0.39, 0.29) is 5.56 Å². The summed E-state index contributed by atoms with van der Waals surface area (Å²) in [6.07, 6.45) is 2.59. The monoisotopic (exact) mass is 356 g/mol. The number of hydrogen-bond acceptors (Lipinski definition) is 6. The van der Waals surface area contributed by atoms with Gasteiger partial charge >= 0.3 is 0 Å². The third-order valence-corrected chi connectivity index (χ3v) is 5.59.